The Morgan fingerprint density at radius 1 is 1.38 bits per heavy atom. The second kappa shape index (κ2) is 4.95. The van der Waals surface area contributed by atoms with Crippen LogP contribution in [0.25, 0.3) is 0 Å². The van der Waals surface area contributed by atoms with E-state index in [1.807, 2.05) is 0 Å². The number of benzene rings is 1. The number of carbonyl (C=O) groups is 1. The Morgan fingerprint density at radius 2 is 2.10 bits per heavy atom. The van der Waals surface area contributed by atoms with E-state index < -0.39 is 15.6 Å². The van der Waals surface area contributed by atoms with Gasteiger partial charge in [0.2, 0.25) is 15.9 Å². The molecule has 0 unspecified atom stereocenters. The van der Waals surface area contributed by atoms with Crippen LogP contribution in [0.5, 0.6) is 0 Å². The molecule has 3 rings (SSSR count). The van der Waals surface area contributed by atoms with Crippen LogP contribution in [-0.2, 0) is 21.2 Å². The smallest absolute Gasteiger partial charge is 0.242 e. The third kappa shape index (κ3) is 2.55. The third-order valence-electron chi connectivity index (χ3n) is 4.04. The van der Waals surface area contributed by atoms with E-state index in [2.05, 4.69) is 10.0 Å². The summed E-state index contributed by atoms with van der Waals surface area (Å²) in [6.07, 6.45) is 2.22. The zero-order valence-corrected chi connectivity index (χ0v) is 12.7. The minimum absolute atomic E-state index is 0.0517. The van der Waals surface area contributed by atoms with Gasteiger partial charge in [0.15, 0.2) is 0 Å². The highest BCUT2D eigenvalue weighted by Crippen LogP contribution is 2.36. The Hall–Kier alpha value is -1.15. The van der Waals surface area contributed by atoms with Gasteiger partial charge in [-0.25, -0.2) is 13.1 Å². The van der Waals surface area contributed by atoms with Crippen molar-refractivity contribution in [2.24, 2.45) is 0 Å². The maximum atomic E-state index is 12.5. The first-order valence-electron chi connectivity index (χ1n) is 6.62. The van der Waals surface area contributed by atoms with Gasteiger partial charge in [-0.05, 0) is 37.0 Å². The number of hydrogen-bond acceptors (Lipinski definition) is 4. The molecule has 1 saturated carbocycles. The lowest BCUT2D eigenvalue weighted by atomic mass is 9.78. The van der Waals surface area contributed by atoms with Crippen LogP contribution in [0.15, 0.2) is 17.0 Å². The maximum Gasteiger partial charge on any atom is 0.242 e. The summed E-state index contributed by atoms with van der Waals surface area (Å²) in [5.41, 5.74) is 0.371. The fourth-order valence-corrected chi connectivity index (χ4v) is 4.70. The number of aliphatic hydroxyl groups is 1. The Morgan fingerprint density at radius 3 is 2.67 bits per heavy atom. The molecule has 1 aliphatic heterocycles. The highest BCUT2D eigenvalue weighted by molar-refractivity contribution is 7.89. The SMILES string of the molecule is O=C1Cc2cc(S(=O)(=O)NC3(CO)CCC3)c(Cl)cc2N1. The minimum atomic E-state index is -3.84. The van der Waals surface area contributed by atoms with E-state index in [4.69, 9.17) is 11.6 Å². The molecular formula is C13H15ClN2O4S. The predicted molar refractivity (Wildman–Crippen MR) is 77.8 cm³/mol. The molecule has 1 amide bonds. The topological polar surface area (TPSA) is 95.5 Å². The summed E-state index contributed by atoms with van der Waals surface area (Å²) in [4.78, 5) is 11.3. The number of sulfonamides is 1. The van der Waals surface area contributed by atoms with E-state index in [0.717, 1.165) is 6.42 Å². The summed E-state index contributed by atoms with van der Waals surface area (Å²) < 4.78 is 27.5. The number of fused-ring (bicyclic) bond motifs is 1. The summed E-state index contributed by atoms with van der Waals surface area (Å²) in [6.45, 7) is -0.241. The molecule has 0 aromatic heterocycles. The quantitative estimate of drug-likeness (QED) is 0.768. The van der Waals surface area contributed by atoms with Crippen LogP contribution in [0, 0.1) is 0 Å². The number of carbonyl (C=O) groups excluding carboxylic acids is 1. The molecule has 6 nitrogen and oxygen atoms in total. The van der Waals surface area contributed by atoms with Crippen molar-refractivity contribution in [2.75, 3.05) is 11.9 Å². The zero-order chi connectivity index (χ0) is 15.3. The molecule has 2 aliphatic rings. The number of aliphatic hydroxyl groups excluding tert-OH is 1. The van der Waals surface area contributed by atoms with E-state index in [1.54, 1.807) is 0 Å². The number of nitrogens with one attached hydrogen (secondary N) is 2. The summed E-state index contributed by atoms with van der Waals surface area (Å²) >= 11 is 6.04. The molecule has 0 saturated heterocycles. The second-order valence-corrected chi connectivity index (χ2v) is 7.62. The van der Waals surface area contributed by atoms with E-state index in [1.165, 1.54) is 12.1 Å². The predicted octanol–water partition coefficient (Wildman–Crippen LogP) is 1.03. The molecule has 1 fully saturated rings. The molecule has 1 aromatic rings. The van der Waals surface area contributed by atoms with E-state index in [9.17, 15) is 18.3 Å². The standard InChI is InChI=1S/C13H15ClN2O4S/c14-9-6-10-8(5-12(18)15-10)4-11(9)21(19,20)16-13(7-17)2-1-3-13/h4,6,16-17H,1-3,5,7H2,(H,15,18). The summed E-state index contributed by atoms with van der Waals surface area (Å²) in [6, 6.07) is 2.87. The highest BCUT2D eigenvalue weighted by atomic mass is 35.5. The summed E-state index contributed by atoms with van der Waals surface area (Å²) in [5, 5.41) is 12.1. The van der Waals surface area contributed by atoms with Crippen LogP contribution in [0.4, 0.5) is 5.69 Å². The van der Waals surface area contributed by atoms with E-state index >= 15 is 0 Å². The fourth-order valence-electron chi connectivity index (χ4n) is 2.67. The third-order valence-corrected chi connectivity index (χ3v) is 6.08. The average molecular weight is 331 g/mol. The van der Waals surface area contributed by atoms with Crippen molar-refractivity contribution in [1.82, 2.24) is 4.72 Å². The number of hydrogen-bond donors (Lipinski definition) is 3. The molecule has 114 valence electrons. The van der Waals surface area contributed by atoms with Gasteiger partial charge in [-0.2, -0.15) is 0 Å². The molecule has 1 aliphatic carbocycles. The highest BCUT2D eigenvalue weighted by Gasteiger charge is 2.41. The molecule has 1 aromatic carbocycles. The van der Waals surface area contributed by atoms with Gasteiger partial charge in [-0.15, -0.1) is 0 Å². The lowest BCUT2D eigenvalue weighted by Crippen LogP contribution is -2.56. The number of anilines is 1. The molecule has 0 atom stereocenters. The van der Waals surface area contributed by atoms with E-state index in [-0.39, 0.29) is 28.9 Å². The van der Waals surface area contributed by atoms with Gasteiger partial charge in [0.05, 0.1) is 23.6 Å². The number of halogens is 1. The van der Waals surface area contributed by atoms with Crippen molar-refractivity contribution in [2.45, 2.75) is 36.1 Å². The van der Waals surface area contributed by atoms with Gasteiger partial charge in [-0.3, -0.25) is 4.79 Å². The van der Waals surface area contributed by atoms with Crippen LogP contribution < -0.4 is 10.0 Å². The first kappa shape index (κ1) is 14.8. The summed E-state index contributed by atoms with van der Waals surface area (Å²) in [7, 11) is -3.84. The van der Waals surface area contributed by atoms with Crippen LogP contribution >= 0.6 is 11.6 Å². The largest absolute Gasteiger partial charge is 0.394 e. The van der Waals surface area contributed by atoms with Crippen molar-refractivity contribution in [3.8, 4) is 0 Å². The first-order valence-corrected chi connectivity index (χ1v) is 8.48. The van der Waals surface area contributed by atoms with Crippen molar-refractivity contribution in [3.63, 3.8) is 0 Å². The normalized spacial score (nSPS) is 19.8. The van der Waals surface area contributed by atoms with E-state index in [0.29, 0.717) is 24.1 Å². The maximum absolute atomic E-state index is 12.5. The zero-order valence-electron chi connectivity index (χ0n) is 11.1. The van der Waals surface area contributed by atoms with Gasteiger partial charge < -0.3 is 10.4 Å². The molecule has 0 bridgehead atoms. The number of rotatable bonds is 4. The van der Waals surface area contributed by atoms with Gasteiger partial charge in [-0.1, -0.05) is 11.6 Å². The fraction of sp³-hybridized carbons (Fsp3) is 0.462. The molecule has 21 heavy (non-hydrogen) atoms. The molecule has 3 N–H and O–H groups in total. The van der Waals surface area contributed by atoms with Crippen molar-refractivity contribution in [1.29, 1.82) is 0 Å². The second-order valence-electron chi connectivity index (χ2n) is 5.56. The van der Waals surface area contributed by atoms with Gasteiger partial charge >= 0.3 is 0 Å². The van der Waals surface area contributed by atoms with Gasteiger partial charge in [0, 0.05) is 5.69 Å². The minimum Gasteiger partial charge on any atom is -0.394 e. The average Bonchev–Trinajstić information content (AvgIpc) is 2.72. The monoisotopic (exact) mass is 330 g/mol. The van der Waals surface area contributed by atoms with Gasteiger partial charge in [0.25, 0.3) is 0 Å². The Balaban J connectivity index is 1.96. The van der Waals surface area contributed by atoms with Crippen LogP contribution in [0.1, 0.15) is 24.8 Å². The van der Waals surface area contributed by atoms with Crippen LogP contribution in [0.2, 0.25) is 5.02 Å². The van der Waals surface area contributed by atoms with Gasteiger partial charge in [0.1, 0.15) is 4.90 Å². The lowest BCUT2D eigenvalue weighted by Gasteiger charge is -2.40. The van der Waals surface area contributed by atoms with Crippen molar-refractivity contribution < 1.29 is 18.3 Å². The molecular weight excluding hydrogens is 316 g/mol. The van der Waals surface area contributed by atoms with Crippen molar-refractivity contribution >= 4 is 33.2 Å². The van der Waals surface area contributed by atoms with Crippen molar-refractivity contribution in [3.05, 3.63) is 22.7 Å². The van der Waals surface area contributed by atoms with Crippen LogP contribution in [0.3, 0.4) is 0 Å². The Kier molecular flexibility index (Phi) is 3.48. The summed E-state index contributed by atoms with van der Waals surface area (Å²) in [5.74, 6) is -0.186. The Labute approximate surface area is 127 Å². The molecule has 8 heteroatoms. The first-order chi connectivity index (χ1) is 9.85. The number of amides is 1. The molecule has 0 spiro atoms. The molecule has 1 heterocycles. The molecule has 0 radical (unpaired) electrons. The lowest BCUT2D eigenvalue weighted by molar-refractivity contribution is -0.115. The van der Waals surface area contributed by atoms with Crippen LogP contribution in [-0.4, -0.2) is 31.6 Å². The Bertz CT molecular complexity index is 708.